The van der Waals surface area contributed by atoms with Gasteiger partial charge >= 0.3 is 0 Å². The summed E-state index contributed by atoms with van der Waals surface area (Å²) in [5, 5.41) is 9.93. The summed E-state index contributed by atoms with van der Waals surface area (Å²) >= 11 is 5.87. The van der Waals surface area contributed by atoms with Crippen LogP contribution in [0.3, 0.4) is 0 Å². The quantitative estimate of drug-likeness (QED) is 0.712. The van der Waals surface area contributed by atoms with E-state index in [1.165, 1.54) is 0 Å². The van der Waals surface area contributed by atoms with Crippen molar-refractivity contribution in [2.75, 3.05) is 0 Å². The zero-order chi connectivity index (χ0) is 16.1. The molecule has 0 amide bonds. The lowest BCUT2D eigenvalue weighted by Crippen LogP contribution is -2.00. The van der Waals surface area contributed by atoms with Crippen molar-refractivity contribution in [3.8, 4) is 11.8 Å². The van der Waals surface area contributed by atoms with E-state index in [9.17, 15) is 5.26 Å². The molecule has 0 unspecified atom stereocenters. The Morgan fingerprint density at radius 2 is 1.91 bits per heavy atom. The van der Waals surface area contributed by atoms with Gasteiger partial charge in [-0.3, -0.25) is 0 Å². The fourth-order valence-electron chi connectivity index (χ4n) is 2.21. The molecule has 0 aliphatic carbocycles. The van der Waals surface area contributed by atoms with Crippen LogP contribution in [0.15, 0.2) is 61.2 Å². The lowest BCUT2D eigenvalue weighted by Gasteiger charge is -2.10. The van der Waals surface area contributed by atoms with Crippen molar-refractivity contribution < 1.29 is 4.74 Å². The summed E-state index contributed by atoms with van der Waals surface area (Å²) in [5.74, 6) is 0.583. The largest absolute Gasteiger partial charge is 0.488 e. The highest BCUT2D eigenvalue weighted by Gasteiger charge is 2.06. The van der Waals surface area contributed by atoms with Crippen molar-refractivity contribution in [2.24, 2.45) is 0 Å². The average Bonchev–Trinajstić information content (AvgIpc) is 3.07. The second-order valence-electron chi connectivity index (χ2n) is 5.09. The van der Waals surface area contributed by atoms with Crippen molar-refractivity contribution in [1.82, 2.24) is 9.55 Å². The Bertz CT molecular complexity index is 820. The molecular formula is C18H14ClN3O. The molecule has 0 bridgehead atoms. The standard InChI is InChI=1S/C18H14ClN3O/c19-17-5-2-14(3-6-17)12-23-18-9-15(1-4-16(18)10-20)11-22-8-7-21-13-22/h1-9,13H,11-12H2. The van der Waals surface area contributed by atoms with Crippen LogP contribution < -0.4 is 4.74 Å². The van der Waals surface area contributed by atoms with Crippen LogP contribution in [0.25, 0.3) is 0 Å². The molecule has 0 N–H and O–H groups in total. The highest BCUT2D eigenvalue weighted by molar-refractivity contribution is 6.30. The van der Waals surface area contributed by atoms with Crippen LogP contribution in [0.2, 0.25) is 5.02 Å². The highest BCUT2D eigenvalue weighted by Crippen LogP contribution is 2.22. The van der Waals surface area contributed by atoms with Crippen LogP contribution in [-0.2, 0) is 13.2 Å². The molecular weight excluding hydrogens is 310 g/mol. The van der Waals surface area contributed by atoms with Gasteiger partial charge in [0.1, 0.15) is 18.4 Å². The van der Waals surface area contributed by atoms with Gasteiger partial charge in [-0.05, 0) is 35.4 Å². The van der Waals surface area contributed by atoms with Gasteiger partial charge in [0.25, 0.3) is 0 Å². The highest BCUT2D eigenvalue weighted by atomic mass is 35.5. The van der Waals surface area contributed by atoms with Gasteiger partial charge in [-0.25, -0.2) is 4.98 Å². The predicted molar refractivity (Wildman–Crippen MR) is 88.3 cm³/mol. The molecule has 2 aromatic carbocycles. The molecule has 0 radical (unpaired) electrons. The minimum atomic E-state index is 0.389. The molecule has 23 heavy (non-hydrogen) atoms. The molecule has 5 heteroatoms. The van der Waals surface area contributed by atoms with E-state index in [4.69, 9.17) is 16.3 Å². The van der Waals surface area contributed by atoms with E-state index >= 15 is 0 Å². The third-order valence-electron chi connectivity index (χ3n) is 3.40. The predicted octanol–water partition coefficient (Wildman–Crippen LogP) is 4.04. The molecule has 114 valence electrons. The maximum absolute atomic E-state index is 9.24. The zero-order valence-electron chi connectivity index (χ0n) is 12.3. The molecule has 0 saturated heterocycles. The molecule has 0 saturated carbocycles. The van der Waals surface area contributed by atoms with E-state index in [0.29, 0.717) is 29.5 Å². The van der Waals surface area contributed by atoms with E-state index in [1.54, 1.807) is 18.6 Å². The molecule has 0 aliphatic heterocycles. The van der Waals surface area contributed by atoms with Crippen LogP contribution in [-0.4, -0.2) is 9.55 Å². The van der Waals surface area contributed by atoms with Crippen molar-refractivity contribution in [3.63, 3.8) is 0 Å². The van der Waals surface area contributed by atoms with Crippen molar-refractivity contribution in [1.29, 1.82) is 5.26 Å². The average molecular weight is 324 g/mol. The molecule has 0 aliphatic rings. The van der Waals surface area contributed by atoms with Crippen LogP contribution in [0, 0.1) is 11.3 Å². The van der Waals surface area contributed by atoms with E-state index in [1.807, 2.05) is 47.2 Å². The van der Waals surface area contributed by atoms with Crippen LogP contribution in [0.5, 0.6) is 5.75 Å². The summed E-state index contributed by atoms with van der Waals surface area (Å²) in [6, 6.07) is 15.2. The molecule has 0 spiro atoms. The summed E-state index contributed by atoms with van der Waals surface area (Å²) < 4.78 is 7.79. The van der Waals surface area contributed by atoms with Gasteiger partial charge in [-0.15, -0.1) is 0 Å². The zero-order valence-corrected chi connectivity index (χ0v) is 13.1. The number of nitrogens with zero attached hydrogens (tertiary/aromatic N) is 3. The maximum Gasteiger partial charge on any atom is 0.137 e. The second-order valence-corrected chi connectivity index (χ2v) is 5.53. The van der Waals surface area contributed by atoms with E-state index in [2.05, 4.69) is 11.1 Å². The number of benzene rings is 2. The number of rotatable bonds is 5. The first-order chi connectivity index (χ1) is 11.2. The molecule has 1 heterocycles. The fraction of sp³-hybridized carbons (Fsp3) is 0.111. The number of imidazole rings is 1. The first-order valence-electron chi connectivity index (χ1n) is 7.10. The van der Waals surface area contributed by atoms with Crippen LogP contribution in [0.1, 0.15) is 16.7 Å². The second kappa shape index (κ2) is 6.99. The van der Waals surface area contributed by atoms with Crippen LogP contribution in [0.4, 0.5) is 0 Å². The molecule has 0 fully saturated rings. The summed E-state index contributed by atoms with van der Waals surface area (Å²) in [6.45, 7) is 1.07. The number of hydrogen-bond donors (Lipinski definition) is 0. The Labute approximate surface area is 139 Å². The summed E-state index contributed by atoms with van der Waals surface area (Å²) in [6.07, 6.45) is 5.39. The Kier molecular flexibility index (Phi) is 4.60. The minimum absolute atomic E-state index is 0.389. The first-order valence-corrected chi connectivity index (χ1v) is 7.48. The monoisotopic (exact) mass is 323 g/mol. The molecule has 4 nitrogen and oxygen atoms in total. The van der Waals surface area contributed by atoms with E-state index in [0.717, 1.165) is 11.1 Å². The number of aromatic nitrogens is 2. The Morgan fingerprint density at radius 3 is 2.61 bits per heavy atom. The SMILES string of the molecule is N#Cc1ccc(Cn2ccnc2)cc1OCc1ccc(Cl)cc1. The number of nitriles is 1. The Morgan fingerprint density at radius 1 is 1.13 bits per heavy atom. The first kappa shape index (κ1) is 15.1. The summed E-state index contributed by atoms with van der Waals surface area (Å²) in [5.41, 5.74) is 2.57. The molecule has 1 aromatic heterocycles. The third kappa shape index (κ3) is 3.91. The summed E-state index contributed by atoms with van der Waals surface area (Å²) in [4.78, 5) is 4.03. The van der Waals surface area contributed by atoms with Gasteiger partial charge in [0, 0.05) is 24.0 Å². The van der Waals surface area contributed by atoms with Crippen molar-refractivity contribution in [2.45, 2.75) is 13.2 Å². The van der Waals surface area contributed by atoms with Gasteiger partial charge < -0.3 is 9.30 Å². The van der Waals surface area contributed by atoms with Gasteiger partial charge in [0.2, 0.25) is 0 Å². The van der Waals surface area contributed by atoms with E-state index < -0.39 is 0 Å². The van der Waals surface area contributed by atoms with Gasteiger partial charge in [0.15, 0.2) is 0 Å². The topological polar surface area (TPSA) is 50.8 Å². The van der Waals surface area contributed by atoms with Crippen molar-refractivity contribution >= 4 is 11.6 Å². The van der Waals surface area contributed by atoms with Crippen molar-refractivity contribution in [3.05, 3.63) is 82.9 Å². The minimum Gasteiger partial charge on any atom is -0.488 e. The number of hydrogen-bond acceptors (Lipinski definition) is 3. The maximum atomic E-state index is 9.24. The Balaban J connectivity index is 1.76. The van der Waals surface area contributed by atoms with Crippen LogP contribution >= 0.6 is 11.6 Å². The third-order valence-corrected chi connectivity index (χ3v) is 3.65. The van der Waals surface area contributed by atoms with E-state index in [-0.39, 0.29) is 0 Å². The lowest BCUT2D eigenvalue weighted by molar-refractivity contribution is 0.305. The van der Waals surface area contributed by atoms with Gasteiger partial charge in [-0.2, -0.15) is 5.26 Å². The lowest BCUT2D eigenvalue weighted by atomic mass is 10.1. The van der Waals surface area contributed by atoms with Gasteiger partial charge in [0.05, 0.1) is 11.9 Å². The molecule has 0 atom stereocenters. The Hall–Kier alpha value is -2.77. The normalized spacial score (nSPS) is 10.3. The number of halogens is 1. The smallest absolute Gasteiger partial charge is 0.137 e. The summed E-state index contributed by atoms with van der Waals surface area (Å²) in [7, 11) is 0. The fourth-order valence-corrected chi connectivity index (χ4v) is 2.34. The molecule has 3 aromatic rings. The number of ether oxygens (including phenoxy) is 1. The molecule has 3 rings (SSSR count). The van der Waals surface area contributed by atoms with Gasteiger partial charge in [-0.1, -0.05) is 29.8 Å².